The van der Waals surface area contributed by atoms with Crippen LogP contribution in [0.25, 0.3) is 0 Å². The van der Waals surface area contributed by atoms with Crippen molar-refractivity contribution in [3.63, 3.8) is 0 Å². The Kier molecular flexibility index (Phi) is 8.06. The highest BCUT2D eigenvalue weighted by Gasteiger charge is 2.27. The van der Waals surface area contributed by atoms with E-state index in [9.17, 15) is 13.2 Å². The van der Waals surface area contributed by atoms with Crippen molar-refractivity contribution in [2.75, 3.05) is 32.6 Å². The first kappa shape index (κ1) is 22.0. The minimum Gasteiger partial charge on any atom is -0.367 e. The van der Waals surface area contributed by atoms with Gasteiger partial charge >= 0.3 is 6.18 Å². The second kappa shape index (κ2) is 10.3. The lowest BCUT2D eigenvalue weighted by Gasteiger charge is -2.12. The molecule has 0 amide bonds. The van der Waals surface area contributed by atoms with Gasteiger partial charge in [0.25, 0.3) is 0 Å². The average Bonchev–Trinajstić information content (AvgIpc) is 3.10. The zero-order valence-electron chi connectivity index (χ0n) is 16.0. The normalized spacial score (nSPS) is 12.1. The van der Waals surface area contributed by atoms with E-state index < -0.39 is 12.8 Å². The molecule has 0 fully saturated rings. The summed E-state index contributed by atoms with van der Waals surface area (Å²) in [6.07, 6.45) is -4.32. The molecule has 0 saturated heterocycles. The molecule has 1 aromatic heterocycles. The van der Waals surface area contributed by atoms with E-state index in [0.717, 1.165) is 16.4 Å². The molecule has 0 saturated carbocycles. The number of hydrogen-bond acceptors (Lipinski definition) is 5. The standard InChI is InChI=1S/C18H24F3N5OS/c1-22-16(24-9-15-11-28-17(25-15)26(2)3)23-8-13-5-4-6-14(7-13)10-27-12-18(19,20)21/h4-7,11H,8-10,12H2,1-3H3,(H2,22,23,24). The highest BCUT2D eigenvalue weighted by atomic mass is 32.1. The molecule has 1 aromatic carbocycles. The van der Waals surface area contributed by atoms with Crippen molar-refractivity contribution in [1.29, 1.82) is 0 Å². The Morgan fingerprint density at radius 3 is 2.57 bits per heavy atom. The summed E-state index contributed by atoms with van der Waals surface area (Å²) >= 11 is 1.57. The Labute approximate surface area is 166 Å². The molecule has 0 aliphatic heterocycles. The number of halogens is 3. The number of aliphatic imine (C=N–C) groups is 1. The molecule has 6 nitrogen and oxygen atoms in total. The average molecular weight is 415 g/mol. The maximum Gasteiger partial charge on any atom is 0.411 e. The minimum atomic E-state index is -4.32. The van der Waals surface area contributed by atoms with Crippen molar-refractivity contribution in [2.24, 2.45) is 4.99 Å². The molecular weight excluding hydrogens is 391 g/mol. The van der Waals surface area contributed by atoms with Gasteiger partial charge in [0.2, 0.25) is 0 Å². The molecule has 0 atom stereocenters. The third-order valence-corrected chi connectivity index (χ3v) is 4.63. The van der Waals surface area contributed by atoms with Crippen LogP contribution in [0.2, 0.25) is 0 Å². The van der Waals surface area contributed by atoms with E-state index >= 15 is 0 Å². The summed E-state index contributed by atoms with van der Waals surface area (Å²) in [6.45, 7) is -0.321. The van der Waals surface area contributed by atoms with Crippen LogP contribution in [0.15, 0.2) is 34.6 Å². The molecule has 2 N–H and O–H groups in total. The fourth-order valence-electron chi connectivity index (χ4n) is 2.28. The molecule has 0 radical (unpaired) electrons. The second-order valence-electron chi connectivity index (χ2n) is 6.22. The van der Waals surface area contributed by atoms with Gasteiger partial charge in [0.05, 0.1) is 18.8 Å². The van der Waals surface area contributed by atoms with Crippen molar-refractivity contribution in [3.8, 4) is 0 Å². The van der Waals surface area contributed by atoms with Gasteiger partial charge < -0.3 is 20.3 Å². The van der Waals surface area contributed by atoms with Gasteiger partial charge in [-0.1, -0.05) is 24.3 Å². The number of thiazole rings is 1. The molecule has 2 aromatic rings. The van der Waals surface area contributed by atoms with Gasteiger partial charge in [-0.25, -0.2) is 4.98 Å². The van der Waals surface area contributed by atoms with Crippen LogP contribution in [-0.2, 0) is 24.4 Å². The summed E-state index contributed by atoms with van der Waals surface area (Å²) in [4.78, 5) is 10.6. The summed E-state index contributed by atoms with van der Waals surface area (Å²) in [6, 6.07) is 7.22. The molecular formula is C18H24F3N5OS. The van der Waals surface area contributed by atoms with Crippen LogP contribution in [0.3, 0.4) is 0 Å². The molecule has 10 heteroatoms. The van der Waals surface area contributed by atoms with E-state index in [2.05, 4.69) is 20.6 Å². The van der Waals surface area contributed by atoms with Gasteiger partial charge in [-0.05, 0) is 11.1 Å². The first-order valence-electron chi connectivity index (χ1n) is 8.55. The van der Waals surface area contributed by atoms with Gasteiger partial charge in [-0.15, -0.1) is 11.3 Å². The van der Waals surface area contributed by atoms with E-state index in [1.807, 2.05) is 30.4 Å². The minimum absolute atomic E-state index is 0.0850. The summed E-state index contributed by atoms with van der Waals surface area (Å²) in [7, 11) is 5.56. The first-order valence-corrected chi connectivity index (χ1v) is 9.43. The predicted molar refractivity (Wildman–Crippen MR) is 106 cm³/mol. The lowest BCUT2D eigenvalue weighted by molar-refractivity contribution is -0.176. The number of anilines is 1. The van der Waals surface area contributed by atoms with Crippen molar-refractivity contribution in [2.45, 2.75) is 25.9 Å². The van der Waals surface area contributed by atoms with E-state index in [4.69, 9.17) is 4.74 Å². The third-order valence-electron chi connectivity index (χ3n) is 3.57. The number of hydrogen-bond donors (Lipinski definition) is 2. The van der Waals surface area contributed by atoms with Crippen LogP contribution in [0.1, 0.15) is 16.8 Å². The Morgan fingerprint density at radius 2 is 1.93 bits per heavy atom. The Balaban J connectivity index is 1.81. The second-order valence-corrected chi connectivity index (χ2v) is 7.06. The van der Waals surface area contributed by atoms with E-state index in [1.54, 1.807) is 36.6 Å². The lowest BCUT2D eigenvalue weighted by atomic mass is 10.1. The highest BCUT2D eigenvalue weighted by molar-refractivity contribution is 7.13. The predicted octanol–water partition coefficient (Wildman–Crippen LogP) is 3.15. The van der Waals surface area contributed by atoms with Crippen LogP contribution in [0.5, 0.6) is 0 Å². The SMILES string of the molecule is CN=C(NCc1cccc(COCC(F)(F)F)c1)NCc1csc(N(C)C)n1. The van der Waals surface area contributed by atoms with Gasteiger partial charge in [-0.3, -0.25) is 4.99 Å². The number of nitrogens with one attached hydrogen (secondary N) is 2. The number of ether oxygens (including phenoxy) is 1. The van der Waals surface area contributed by atoms with E-state index in [-0.39, 0.29) is 6.61 Å². The molecule has 0 aliphatic carbocycles. The van der Waals surface area contributed by atoms with Gasteiger partial charge in [0, 0.05) is 33.1 Å². The molecule has 2 rings (SSSR count). The number of guanidine groups is 1. The molecule has 1 heterocycles. The van der Waals surface area contributed by atoms with Crippen LogP contribution >= 0.6 is 11.3 Å². The van der Waals surface area contributed by atoms with Crippen LogP contribution in [0.4, 0.5) is 18.3 Å². The quantitative estimate of drug-likeness (QED) is 0.512. The van der Waals surface area contributed by atoms with Crippen molar-refractivity contribution in [3.05, 3.63) is 46.5 Å². The van der Waals surface area contributed by atoms with Gasteiger partial charge in [0.1, 0.15) is 6.61 Å². The number of benzene rings is 1. The fourth-order valence-corrected chi connectivity index (χ4v) is 3.04. The Bertz CT molecular complexity index is 777. The van der Waals surface area contributed by atoms with Gasteiger partial charge in [0.15, 0.2) is 11.1 Å². The zero-order chi connectivity index (χ0) is 20.6. The van der Waals surface area contributed by atoms with Crippen LogP contribution in [0, 0.1) is 0 Å². The zero-order valence-corrected chi connectivity index (χ0v) is 16.8. The Morgan fingerprint density at radius 1 is 1.21 bits per heavy atom. The van der Waals surface area contributed by atoms with Crippen LogP contribution < -0.4 is 15.5 Å². The number of rotatable bonds is 8. The van der Waals surface area contributed by atoms with Crippen LogP contribution in [-0.4, -0.2) is 44.9 Å². The highest BCUT2D eigenvalue weighted by Crippen LogP contribution is 2.18. The molecule has 0 spiro atoms. The summed E-state index contributed by atoms with van der Waals surface area (Å²) in [5.41, 5.74) is 2.52. The fraction of sp³-hybridized carbons (Fsp3) is 0.444. The first-order chi connectivity index (χ1) is 13.3. The molecule has 0 aliphatic rings. The van der Waals surface area contributed by atoms with Crippen molar-refractivity contribution >= 4 is 22.4 Å². The molecule has 154 valence electrons. The third kappa shape index (κ3) is 7.73. The number of alkyl halides is 3. The molecule has 0 unspecified atom stereocenters. The van der Waals surface area contributed by atoms with E-state index in [0.29, 0.717) is 24.6 Å². The maximum absolute atomic E-state index is 12.2. The number of nitrogens with zero attached hydrogens (tertiary/aromatic N) is 3. The smallest absolute Gasteiger partial charge is 0.367 e. The van der Waals surface area contributed by atoms with Crippen molar-refractivity contribution in [1.82, 2.24) is 15.6 Å². The topological polar surface area (TPSA) is 61.8 Å². The van der Waals surface area contributed by atoms with Crippen molar-refractivity contribution < 1.29 is 17.9 Å². The van der Waals surface area contributed by atoms with E-state index in [1.165, 1.54) is 0 Å². The Hall–Kier alpha value is -2.33. The maximum atomic E-state index is 12.2. The summed E-state index contributed by atoms with van der Waals surface area (Å²) in [5.74, 6) is 0.609. The lowest BCUT2D eigenvalue weighted by Crippen LogP contribution is -2.36. The summed E-state index contributed by atoms with van der Waals surface area (Å²) < 4.78 is 41.2. The van der Waals surface area contributed by atoms with Gasteiger partial charge in [-0.2, -0.15) is 13.2 Å². The molecule has 28 heavy (non-hydrogen) atoms. The largest absolute Gasteiger partial charge is 0.411 e. The monoisotopic (exact) mass is 415 g/mol. The summed E-state index contributed by atoms with van der Waals surface area (Å²) in [5, 5.41) is 9.29. The molecule has 0 bridgehead atoms. The number of aromatic nitrogens is 1.